The molecule has 0 spiro atoms. The van der Waals surface area contributed by atoms with Gasteiger partial charge in [-0.1, -0.05) is 6.07 Å². The van der Waals surface area contributed by atoms with E-state index in [2.05, 4.69) is 16.0 Å². The maximum absolute atomic E-state index is 15.2. The third kappa shape index (κ3) is 9.08. The van der Waals surface area contributed by atoms with Gasteiger partial charge in [-0.2, -0.15) is 0 Å². The maximum atomic E-state index is 15.2. The lowest BCUT2D eigenvalue weighted by molar-refractivity contribution is -0.143. The molecule has 1 aromatic heterocycles. The van der Waals surface area contributed by atoms with Crippen LogP contribution in [0.4, 0.5) is 10.1 Å². The highest BCUT2D eigenvalue weighted by molar-refractivity contribution is 6.00. The first-order valence-electron chi connectivity index (χ1n) is 16.0. The Morgan fingerprint density at radius 1 is 0.961 bits per heavy atom. The van der Waals surface area contributed by atoms with E-state index in [-0.39, 0.29) is 48.5 Å². The van der Waals surface area contributed by atoms with E-state index in [0.29, 0.717) is 38.2 Å². The molecule has 1 saturated heterocycles. The van der Waals surface area contributed by atoms with Gasteiger partial charge in [0, 0.05) is 50.9 Å². The molecule has 0 unspecified atom stereocenters. The Balaban J connectivity index is 1.32. The number of phenolic OH excluding ortho intramolecular Hbond substituents is 2. The molecule has 8 N–H and O–H groups in total. The number of hydrogen-bond acceptors (Lipinski definition) is 11. The summed E-state index contributed by atoms with van der Waals surface area (Å²) in [5, 5.41) is 54.8. The molecule has 18 heteroatoms. The molecule has 2 heterocycles. The number of nitrogens with zero attached hydrogens (tertiary/aromatic N) is 3. The van der Waals surface area contributed by atoms with Crippen molar-refractivity contribution in [1.82, 2.24) is 25.4 Å². The third-order valence-electron chi connectivity index (χ3n) is 8.47. The average molecular weight is 715 g/mol. The number of piperazine rings is 1. The van der Waals surface area contributed by atoms with E-state index in [1.54, 1.807) is 16.4 Å². The number of amides is 3. The molecule has 17 nitrogen and oxygen atoms in total. The molecule has 0 aliphatic carbocycles. The monoisotopic (exact) mass is 714 g/mol. The summed E-state index contributed by atoms with van der Waals surface area (Å²) in [6.45, 7) is 2.81. The summed E-state index contributed by atoms with van der Waals surface area (Å²) < 4.78 is 16.8. The van der Waals surface area contributed by atoms with Gasteiger partial charge in [0.15, 0.2) is 11.5 Å². The van der Waals surface area contributed by atoms with Crippen molar-refractivity contribution in [3.63, 3.8) is 0 Å². The number of para-hydroxylation sites is 1. The number of aliphatic carboxylic acids is 1. The van der Waals surface area contributed by atoms with Crippen LogP contribution in [0, 0.1) is 5.82 Å². The Hall–Kier alpha value is -5.75. The normalized spacial score (nSPS) is 14.5. The van der Waals surface area contributed by atoms with Crippen LogP contribution < -0.4 is 26.3 Å². The number of aromatic hydroxyl groups is 2. The minimum Gasteiger partial charge on any atom is -0.504 e. The number of nitrogens with one attached hydrogen (secondary N) is 3. The topological polar surface area (TPSA) is 251 Å². The SMILES string of the molecule is CCn1cc(C(=O)O)c(=O)c2cc(F)c(N3CCN(CC(=O)NCCC[C@@H](NC(=O)c4cccc(O)c4O)C(=O)N[C@@H](CO)C(=O)O)CC3)cc21. The zero-order valence-corrected chi connectivity index (χ0v) is 27.6. The molecule has 0 radical (unpaired) electrons. The van der Waals surface area contributed by atoms with Gasteiger partial charge in [0.05, 0.1) is 29.9 Å². The van der Waals surface area contributed by atoms with Crippen molar-refractivity contribution in [1.29, 1.82) is 0 Å². The number of carboxylic acids is 2. The molecular weight excluding hydrogens is 675 g/mol. The number of hydrogen-bond donors (Lipinski definition) is 8. The number of halogens is 1. The molecule has 1 aliphatic rings. The van der Waals surface area contributed by atoms with Crippen molar-refractivity contribution in [2.75, 3.05) is 50.8 Å². The number of rotatable bonds is 15. The summed E-state index contributed by atoms with van der Waals surface area (Å²) in [4.78, 5) is 77.5. The maximum Gasteiger partial charge on any atom is 0.341 e. The number of fused-ring (bicyclic) bond motifs is 1. The molecular formula is C33H39FN6O11. The summed E-state index contributed by atoms with van der Waals surface area (Å²) in [5.74, 6) is -7.07. The van der Waals surface area contributed by atoms with Gasteiger partial charge in [-0.3, -0.25) is 24.1 Å². The fourth-order valence-electron chi connectivity index (χ4n) is 5.67. The van der Waals surface area contributed by atoms with Crippen molar-refractivity contribution in [3.8, 4) is 11.5 Å². The predicted octanol–water partition coefficient (Wildman–Crippen LogP) is -0.351. The molecule has 3 aromatic rings. The molecule has 274 valence electrons. The Kier molecular flexibility index (Phi) is 12.5. The third-order valence-corrected chi connectivity index (χ3v) is 8.47. The Morgan fingerprint density at radius 3 is 2.29 bits per heavy atom. The quantitative estimate of drug-likeness (QED) is 0.0742. The van der Waals surface area contributed by atoms with E-state index >= 15 is 4.39 Å². The predicted molar refractivity (Wildman–Crippen MR) is 179 cm³/mol. The van der Waals surface area contributed by atoms with Gasteiger partial charge in [-0.15, -0.1) is 0 Å². The molecule has 0 bridgehead atoms. The summed E-state index contributed by atoms with van der Waals surface area (Å²) in [6.07, 6.45) is 1.32. The number of aliphatic hydroxyl groups is 1. The molecule has 2 aromatic carbocycles. The number of aromatic nitrogens is 1. The van der Waals surface area contributed by atoms with Crippen LogP contribution in [-0.2, 0) is 20.9 Å². The van der Waals surface area contributed by atoms with E-state index in [1.165, 1.54) is 24.4 Å². The number of phenols is 2. The average Bonchev–Trinajstić information content (AvgIpc) is 3.09. The second kappa shape index (κ2) is 16.8. The Labute approximate surface area is 289 Å². The van der Waals surface area contributed by atoms with E-state index in [1.807, 2.05) is 4.90 Å². The van der Waals surface area contributed by atoms with Crippen LogP contribution in [0.1, 0.15) is 40.5 Å². The number of aliphatic hydroxyl groups excluding tert-OH is 1. The highest BCUT2D eigenvalue weighted by atomic mass is 19.1. The minimum absolute atomic E-state index is 0.00953. The Morgan fingerprint density at radius 2 is 1.67 bits per heavy atom. The second-order valence-corrected chi connectivity index (χ2v) is 11.8. The standard InChI is InChI=1S/C33H39FN6O11/c1-2-39-15-20(32(48)49)28(44)19-13-21(34)25(14-24(19)39)40-11-9-38(10-12-40)16-27(43)35-8-4-6-22(31(47)37-23(17-41)33(50)51)36-30(46)18-5-3-7-26(42)29(18)45/h3,5,7,13-15,22-23,41-42,45H,2,4,6,8-12,16-17H2,1H3,(H,35,43)(H,36,46)(H,37,47)(H,48,49)(H,50,51)/t22-,23+/m1/s1. The van der Waals surface area contributed by atoms with Gasteiger partial charge in [-0.05, 0) is 44.0 Å². The first-order valence-corrected chi connectivity index (χ1v) is 16.0. The van der Waals surface area contributed by atoms with Gasteiger partial charge in [0.1, 0.15) is 23.5 Å². The minimum atomic E-state index is -1.64. The molecule has 1 aliphatic heterocycles. The van der Waals surface area contributed by atoms with Crippen molar-refractivity contribution in [2.45, 2.75) is 38.4 Å². The first kappa shape index (κ1) is 38.1. The molecule has 3 amide bonds. The van der Waals surface area contributed by atoms with Crippen LogP contribution in [0.15, 0.2) is 41.3 Å². The van der Waals surface area contributed by atoms with Crippen LogP contribution in [0.25, 0.3) is 10.9 Å². The fourth-order valence-corrected chi connectivity index (χ4v) is 5.67. The van der Waals surface area contributed by atoms with Crippen LogP contribution in [0.2, 0.25) is 0 Å². The van der Waals surface area contributed by atoms with Gasteiger partial charge < -0.3 is 51.0 Å². The second-order valence-electron chi connectivity index (χ2n) is 11.8. The highest BCUT2D eigenvalue weighted by Crippen LogP contribution is 2.28. The number of carbonyl (C=O) groups excluding carboxylic acids is 3. The van der Waals surface area contributed by atoms with Gasteiger partial charge in [-0.25, -0.2) is 14.0 Å². The largest absolute Gasteiger partial charge is 0.504 e. The Bertz CT molecular complexity index is 1880. The lowest BCUT2D eigenvalue weighted by Gasteiger charge is -2.36. The highest BCUT2D eigenvalue weighted by Gasteiger charge is 2.28. The number of aromatic carboxylic acids is 1. The first-order chi connectivity index (χ1) is 24.2. The van der Waals surface area contributed by atoms with Crippen molar-refractivity contribution >= 4 is 46.3 Å². The van der Waals surface area contributed by atoms with E-state index in [4.69, 9.17) is 0 Å². The van der Waals surface area contributed by atoms with Crippen molar-refractivity contribution in [3.05, 3.63) is 63.7 Å². The zero-order chi connectivity index (χ0) is 37.4. The van der Waals surface area contributed by atoms with E-state index in [0.717, 1.165) is 12.1 Å². The van der Waals surface area contributed by atoms with Crippen molar-refractivity contribution < 1.29 is 53.9 Å². The zero-order valence-electron chi connectivity index (χ0n) is 27.6. The lowest BCUT2D eigenvalue weighted by atomic mass is 10.1. The van der Waals surface area contributed by atoms with Gasteiger partial charge >= 0.3 is 11.9 Å². The molecule has 2 atom stereocenters. The summed E-state index contributed by atoms with van der Waals surface area (Å²) in [7, 11) is 0. The summed E-state index contributed by atoms with van der Waals surface area (Å²) >= 11 is 0. The molecule has 1 fully saturated rings. The van der Waals surface area contributed by atoms with Crippen molar-refractivity contribution in [2.24, 2.45) is 0 Å². The number of benzene rings is 2. The van der Waals surface area contributed by atoms with Crippen LogP contribution in [0.3, 0.4) is 0 Å². The van der Waals surface area contributed by atoms with Crippen LogP contribution >= 0.6 is 0 Å². The number of pyridine rings is 1. The summed E-state index contributed by atoms with van der Waals surface area (Å²) in [6, 6.07) is 3.25. The van der Waals surface area contributed by atoms with Crippen LogP contribution in [0.5, 0.6) is 11.5 Å². The molecule has 0 saturated carbocycles. The van der Waals surface area contributed by atoms with Gasteiger partial charge in [0.2, 0.25) is 17.2 Å². The number of aryl methyl sites for hydroxylation is 1. The number of carbonyl (C=O) groups is 5. The van der Waals surface area contributed by atoms with E-state index < -0.39 is 70.8 Å². The number of carboxylic acid groups (broad SMARTS) is 2. The lowest BCUT2D eigenvalue weighted by Crippen LogP contribution is -2.53. The van der Waals surface area contributed by atoms with Crippen LogP contribution in [-0.4, -0.2) is 123 Å². The van der Waals surface area contributed by atoms with E-state index in [9.17, 15) is 54.3 Å². The van der Waals surface area contributed by atoms with Gasteiger partial charge in [0.25, 0.3) is 5.91 Å². The molecule has 4 rings (SSSR count). The smallest absolute Gasteiger partial charge is 0.341 e. The summed E-state index contributed by atoms with van der Waals surface area (Å²) in [5.41, 5.74) is -0.905. The fraction of sp³-hybridized carbons (Fsp3) is 0.394. The number of anilines is 1. The molecule has 51 heavy (non-hydrogen) atoms.